The molecule has 1 aromatic rings. The Morgan fingerprint density at radius 3 is 2.95 bits per heavy atom. The zero-order valence-corrected chi connectivity index (χ0v) is 11.5. The highest BCUT2D eigenvalue weighted by atomic mass is 16.5. The average Bonchev–Trinajstić information content (AvgIpc) is 3.30. The van der Waals surface area contributed by atoms with Gasteiger partial charge in [0.05, 0.1) is 24.4 Å². The quantitative estimate of drug-likeness (QED) is 0.879. The molecule has 1 N–H and O–H groups in total. The van der Waals surface area contributed by atoms with E-state index < -0.39 is 0 Å². The van der Waals surface area contributed by atoms with E-state index in [2.05, 4.69) is 22.4 Å². The fourth-order valence-corrected chi connectivity index (χ4v) is 2.63. The van der Waals surface area contributed by atoms with Crippen LogP contribution >= 0.6 is 0 Å². The van der Waals surface area contributed by atoms with Crippen LogP contribution in [0.3, 0.4) is 0 Å². The molecule has 1 aliphatic carbocycles. The minimum absolute atomic E-state index is 0.250. The molecule has 19 heavy (non-hydrogen) atoms. The van der Waals surface area contributed by atoms with Crippen LogP contribution in [0, 0.1) is 0 Å². The van der Waals surface area contributed by atoms with Crippen molar-refractivity contribution >= 4 is 0 Å². The molecule has 1 saturated heterocycles. The van der Waals surface area contributed by atoms with Crippen LogP contribution in [0.1, 0.15) is 36.4 Å². The Morgan fingerprint density at radius 1 is 1.37 bits per heavy atom. The number of hydrogen-bond acceptors (Lipinski definition) is 4. The molecule has 2 heterocycles. The lowest BCUT2D eigenvalue weighted by molar-refractivity contribution is -0.0374. The number of nitrogens with one attached hydrogen (secondary N) is 1. The Balaban J connectivity index is 1.52. The number of methoxy groups -OCH3 is 1. The predicted molar refractivity (Wildman–Crippen MR) is 73.1 cm³/mol. The van der Waals surface area contributed by atoms with Crippen LogP contribution in [0.25, 0.3) is 0 Å². The third kappa shape index (κ3) is 3.32. The van der Waals surface area contributed by atoms with Gasteiger partial charge in [-0.15, -0.1) is 0 Å². The van der Waals surface area contributed by atoms with Gasteiger partial charge in [0.1, 0.15) is 0 Å². The molecule has 4 heteroatoms. The largest absolute Gasteiger partial charge is 0.380 e. The SMILES string of the molecule is CO[C@@H]1CCOC[C@H]1NCc1ccc(C2CC2)cn1. The van der Waals surface area contributed by atoms with Crippen LogP contribution in [0.15, 0.2) is 18.3 Å². The predicted octanol–water partition coefficient (Wildman–Crippen LogP) is 1.85. The summed E-state index contributed by atoms with van der Waals surface area (Å²) in [7, 11) is 1.77. The van der Waals surface area contributed by atoms with Crippen molar-refractivity contribution in [1.82, 2.24) is 10.3 Å². The van der Waals surface area contributed by atoms with Crippen LogP contribution in [-0.4, -0.2) is 37.5 Å². The Labute approximate surface area is 114 Å². The Kier molecular flexibility index (Phi) is 4.11. The van der Waals surface area contributed by atoms with Gasteiger partial charge in [0.15, 0.2) is 0 Å². The van der Waals surface area contributed by atoms with Crippen LogP contribution in [-0.2, 0) is 16.0 Å². The minimum atomic E-state index is 0.250. The zero-order chi connectivity index (χ0) is 13.1. The summed E-state index contributed by atoms with van der Waals surface area (Å²) in [6.07, 6.45) is 5.89. The number of nitrogens with zero attached hydrogens (tertiary/aromatic N) is 1. The highest BCUT2D eigenvalue weighted by molar-refractivity contribution is 5.22. The molecule has 1 aromatic heterocycles. The Morgan fingerprint density at radius 2 is 2.26 bits per heavy atom. The van der Waals surface area contributed by atoms with E-state index in [1.54, 1.807) is 7.11 Å². The summed E-state index contributed by atoms with van der Waals surface area (Å²) < 4.78 is 11.0. The monoisotopic (exact) mass is 262 g/mol. The van der Waals surface area contributed by atoms with Crippen molar-refractivity contribution in [3.05, 3.63) is 29.6 Å². The topological polar surface area (TPSA) is 43.4 Å². The summed E-state index contributed by atoms with van der Waals surface area (Å²) in [6.45, 7) is 2.29. The van der Waals surface area contributed by atoms with Gasteiger partial charge in [-0.2, -0.15) is 0 Å². The van der Waals surface area contributed by atoms with Crippen LogP contribution in [0.2, 0.25) is 0 Å². The third-order valence-electron chi connectivity index (χ3n) is 4.04. The summed E-state index contributed by atoms with van der Waals surface area (Å²) in [5.74, 6) is 0.777. The van der Waals surface area contributed by atoms with E-state index in [-0.39, 0.29) is 12.1 Å². The fraction of sp³-hybridized carbons (Fsp3) is 0.667. The van der Waals surface area contributed by atoms with Gasteiger partial charge in [0.25, 0.3) is 0 Å². The fourth-order valence-electron chi connectivity index (χ4n) is 2.63. The summed E-state index contributed by atoms with van der Waals surface area (Å²) in [6, 6.07) is 4.61. The van der Waals surface area contributed by atoms with Gasteiger partial charge in [0.2, 0.25) is 0 Å². The lowest BCUT2D eigenvalue weighted by atomic mass is 10.1. The molecule has 3 rings (SSSR count). The van der Waals surface area contributed by atoms with Gasteiger partial charge in [-0.05, 0) is 36.8 Å². The number of aromatic nitrogens is 1. The third-order valence-corrected chi connectivity index (χ3v) is 4.04. The molecule has 2 aliphatic rings. The van der Waals surface area contributed by atoms with Crippen LogP contribution in [0.5, 0.6) is 0 Å². The van der Waals surface area contributed by atoms with Crippen LogP contribution in [0.4, 0.5) is 0 Å². The molecule has 0 unspecified atom stereocenters. The second-order valence-electron chi connectivity index (χ2n) is 5.48. The van der Waals surface area contributed by atoms with E-state index in [9.17, 15) is 0 Å². The highest BCUT2D eigenvalue weighted by Crippen LogP contribution is 2.39. The van der Waals surface area contributed by atoms with Gasteiger partial charge in [-0.1, -0.05) is 6.07 Å². The molecule has 2 fully saturated rings. The number of ether oxygens (including phenoxy) is 2. The maximum atomic E-state index is 5.50. The maximum absolute atomic E-state index is 5.50. The van der Waals surface area contributed by atoms with Gasteiger partial charge >= 0.3 is 0 Å². The zero-order valence-electron chi connectivity index (χ0n) is 11.5. The van der Waals surface area contributed by atoms with Crippen molar-refractivity contribution in [3.63, 3.8) is 0 Å². The lowest BCUT2D eigenvalue weighted by Crippen LogP contribution is -2.47. The van der Waals surface area contributed by atoms with Crippen molar-refractivity contribution in [2.45, 2.75) is 43.9 Å². The summed E-state index contributed by atoms with van der Waals surface area (Å²) >= 11 is 0. The smallest absolute Gasteiger partial charge is 0.0768 e. The Hall–Kier alpha value is -0.970. The molecule has 1 saturated carbocycles. The minimum Gasteiger partial charge on any atom is -0.380 e. The molecule has 0 bridgehead atoms. The van der Waals surface area contributed by atoms with Crippen molar-refractivity contribution < 1.29 is 9.47 Å². The molecular weight excluding hydrogens is 240 g/mol. The summed E-state index contributed by atoms with van der Waals surface area (Å²) in [4.78, 5) is 4.53. The van der Waals surface area contributed by atoms with Gasteiger partial charge < -0.3 is 14.8 Å². The van der Waals surface area contributed by atoms with Crippen LogP contribution < -0.4 is 5.32 Å². The second kappa shape index (κ2) is 5.99. The van der Waals surface area contributed by atoms with E-state index in [1.165, 1.54) is 18.4 Å². The van der Waals surface area contributed by atoms with Crippen molar-refractivity contribution in [2.24, 2.45) is 0 Å². The molecule has 1 aliphatic heterocycles. The summed E-state index contributed by atoms with van der Waals surface area (Å²) in [5, 5.41) is 3.49. The van der Waals surface area contributed by atoms with Crippen molar-refractivity contribution in [2.75, 3.05) is 20.3 Å². The van der Waals surface area contributed by atoms with Gasteiger partial charge in [-0.3, -0.25) is 4.98 Å². The highest BCUT2D eigenvalue weighted by Gasteiger charge is 2.25. The first kappa shape index (κ1) is 13.0. The Bertz CT molecular complexity index is 403. The van der Waals surface area contributed by atoms with E-state index in [4.69, 9.17) is 9.47 Å². The van der Waals surface area contributed by atoms with E-state index in [0.29, 0.717) is 0 Å². The van der Waals surface area contributed by atoms with E-state index >= 15 is 0 Å². The molecule has 2 atom stereocenters. The lowest BCUT2D eigenvalue weighted by Gasteiger charge is -2.31. The average molecular weight is 262 g/mol. The molecule has 4 nitrogen and oxygen atoms in total. The number of rotatable bonds is 5. The first-order valence-electron chi connectivity index (χ1n) is 7.15. The molecule has 104 valence electrons. The first-order chi connectivity index (χ1) is 9.36. The molecule has 0 spiro atoms. The standard InChI is InChI=1S/C15H22N2O2/c1-18-15-6-7-19-10-14(15)17-9-13-5-4-12(8-16-13)11-2-3-11/h4-5,8,11,14-15,17H,2-3,6-7,9-10H2,1H3/t14-,15-/m1/s1. The molecule has 0 aromatic carbocycles. The number of hydrogen-bond donors (Lipinski definition) is 1. The van der Waals surface area contributed by atoms with E-state index in [0.717, 1.165) is 37.8 Å². The van der Waals surface area contributed by atoms with Gasteiger partial charge in [0, 0.05) is 26.5 Å². The molecular formula is C15H22N2O2. The van der Waals surface area contributed by atoms with Crippen molar-refractivity contribution in [1.29, 1.82) is 0 Å². The maximum Gasteiger partial charge on any atom is 0.0768 e. The van der Waals surface area contributed by atoms with Crippen molar-refractivity contribution in [3.8, 4) is 0 Å². The molecule has 0 amide bonds. The van der Waals surface area contributed by atoms with E-state index in [1.807, 2.05) is 6.20 Å². The van der Waals surface area contributed by atoms with Gasteiger partial charge in [-0.25, -0.2) is 0 Å². The summed E-state index contributed by atoms with van der Waals surface area (Å²) in [5.41, 5.74) is 2.48. The number of pyridine rings is 1. The first-order valence-corrected chi connectivity index (χ1v) is 7.15. The molecule has 0 radical (unpaired) electrons. The normalized spacial score (nSPS) is 27.4. The second-order valence-corrected chi connectivity index (χ2v) is 5.48.